The second-order valence-electron chi connectivity index (χ2n) is 5.69. The van der Waals surface area contributed by atoms with E-state index in [4.69, 9.17) is 4.99 Å². The van der Waals surface area contributed by atoms with Gasteiger partial charge in [-0.05, 0) is 32.6 Å². The molecule has 2 aliphatic rings. The minimum absolute atomic E-state index is 0.148. The van der Waals surface area contributed by atoms with Crippen LogP contribution < -0.4 is 0 Å². The van der Waals surface area contributed by atoms with E-state index in [1.54, 1.807) is 0 Å². The molecule has 0 aromatic carbocycles. The zero-order valence-electron chi connectivity index (χ0n) is 11.7. The van der Waals surface area contributed by atoms with Gasteiger partial charge >= 0.3 is 0 Å². The van der Waals surface area contributed by atoms with Crippen LogP contribution in [0.25, 0.3) is 0 Å². The van der Waals surface area contributed by atoms with Crippen LogP contribution in [0, 0.1) is 0 Å². The first-order valence-corrected chi connectivity index (χ1v) is 7.28. The van der Waals surface area contributed by atoms with Crippen LogP contribution in [0.1, 0.15) is 52.9 Å². The second-order valence-corrected chi connectivity index (χ2v) is 5.69. The van der Waals surface area contributed by atoms with E-state index in [9.17, 15) is 0 Å². The molecule has 98 valence electrons. The smallest absolute Gasteiger partial charge is 0.197 e. The number of guanidine groups is 1. The fourth-order valence-corrected chi connectivity index (χ4v) is 2.47. The van der Waals surface area contributed by atoms with E-state index in [1.807, 2.05) is 0 Å². The highest BCUT2D eigenvalue weighted by atomic mass is 15.4. The van der Waals surface area contributed by atoms with Gasteiger partial charge in [0.2, 0.25) is 0 Å². The zero-order valence-corrected chi connectivity index (χ0v) is 11.7. The minimum atomic E-state index is 0.148. The Morgan fingerprint density at radius 3 is 1.88 bits per heavy atom. The van der Waals surface area contributed by atoms with Gasteiger partial charge in [-0.15, -0.1) is 0 Å². The predicted molar refractivity (Wildman–Crippen MR) is 73.4 cm³/mol. The highest BCUT2D eigenvalue weighted by Crippen LogP contribution is 2.25. The summed E-state index contributed by atoms with van der Waals surface area (Å²) >= 11 is 0. The highest BCUT2D eigenvalue weighted by molar-refractivity contribution is 5.82. The van der Waals surface area contributed by atoms with E-state index >= 15 is 0 Å². The molecule has 0 aromatic heterocycles. The van der Waals surface area contributed by atoms with Crippen molar-refractivity contribution in [2.75, 3.05) is 26.2 Å². The molecule has 0 radical (unpaired) electrons. The van der Waals surface area contributed by atoms with Crippen LogP contribution in [-0.2, 0) is 0 Å². The molecule has 0 saturated carbocycles. The van der Waals surface area contributed by atoms with Crippen molar-refractivity contribution in [1.29, 1.82) is 0 Å². The predicted octanol–water partition coefficient (Wildman–Crippen LogP) is 2.72. The molecular formula is C14H27N3. The van der Waals surface area contributed by atoms with Gasteiger partial charge in [0.15, 0.2) is 5.96 Å². The molecule has 2 heterocycles. The lowest BCUT2D eigenvalue weighted by molar-refractivity contribution is 0.200. The van der Waals surface area contributed by atoms with Gasteiger partial charge in [0.25, 0.3) is 0 Å². The van der Waals surface area contributed by atoms with Crippen LogP contribution in [0.3, 0.4) is 0 Å². The Labute approximate surface area is 106 Å². The van der Waals surface area contributed by atoms with Crippen LogP contribution >= 0.6 is 0 Å². The number of nitrogens with zero attached hydrogens (tertiary/aromatic N) is 3. The van der Waals surface area contributed by atoms with Crippen molar-refractivity contribution in [3.8, 4) is 0 Å². The molecule has 0 amide bonds. The second kappa shape index (κ2) is 5.28. The summed E-state index contributed by atoms with van der Waals surface area (Å²) in [4.78, 5) is 10.1. The van der Waals surface area contributed by atoms with Gasteiger partial charge in [0.05, 0.1) is 5.54 Å². The molecule has 0 aliphatic carbocycles. The molecule has 2 aliphatic heterocycles. The van der Waals surface area contributed by atoms with Gasteiger partial charge in [-0.2, -0.15) is 0 Å². The molecule has 0 bridgehead atoms. The first-order valence-electron chi connectivity index (χ1n) is 7.28. The summed E-state index contributed by atoms with van der Waals surface area (Å²) in [6, 6.07) is 0. The average Bonchev–Trinajstić information content (AvgIpc) is 2.12. The fourth-order valence-electron chi connectivity index (χ4n) is 2.47. The van der Waals surface area contributed by atoms with Crippen molar-refractivity contribution >= 4 is 5.96 Å². The molecule has 17 heavy (non-hydrogen) atoms. The molecule has 1 unspecified atom stereocenters. The van der Waals surface area contributed by atoms with Crippen molar-refractivity contribution in [2.45, 2.75) is 58.4 Å². The van der Waals surface area contributed by atoms with Crippen molar-refractivity contribution < 1.29 is 0 Å². The molecule has 0 N–H and O–H groups in total. The fraction of sp³-hybridized carbons (Fsp3) is 0.929. The van der Waals surface area contributed by atoms with Crippen LogP contribution in [0.15, 0.2) is 4.99 Å². The van der Waals surface area contributed by atoms with Gasteiger partial charge in [-0.1, -0.05) is 20.3 Å². The first-order chi connectivity index (χ1) is 8.18. The van der Waals surface area contributed by atoms with E-state index < -0.39 is 0 Å². The van der Waals surface area contributed by atoms with Crippen LogP contribution in [0.2, 0.25) is 0 Å². The Morgan fingerprint density at radius 1 is 1.06 bits per heavy atom. The Hall–Kier alpha value is -0.730. The van der Waals surface area contributed by atoms with E-state index in [-0.39, 0.29) is 5.54 Å². The quantitative estimate of drug-likeness (QED) is 0.553. The van der Waals surface area contributed by atoms with E-state index in [0.29, 0.717) is 0 Å². The Balaban J connectivity index is 2.11. The molecule has 0 aromatic rings. The van der Waals surface area contributed by atoms with Gasteiger partial charge in [0.1, 0.15) is 0 Å². The third-order valence-electron chi connectivity index (χ3n) is 4.20. The van der Waals surface area contributed by atoms with E-state index in [2.05, 4.69) is 30.6 Å². The van der Waals surface area contributed by atoms with Gasteiger partial charge < -0.3 is 9.80 Å². The number of rotatable bonds is 4. The monoisotopic (exact) mass is 237 g/mol. The highest BCUT2D eigenvalue weighted by Gasteiger charge is 2.30. The molecule has 1 atom stereocenters. The summed E-state index contributed by atoms with van der Waals surface area (Å²) in [6.45, 7) is 11.7. The average molecular weight is 237 g/mol. The molecular weight excluding hydrogens is 210 g/mol. The van der Waals surface area contributed by atoms with E-state index in [0.717, 1.165) is 6.42 Å². The van der Waals surface area contributed by atoms with Crippen LogP contribution in [0.4, 0.5) is 0 Å². The maximum atomic E-state index is 5.13. The molecule has 0 spiro atoms. The van der Waals surface area contributed by atoms with Gasteiger partial charge in [0, 0.05) is 26.2 Å². The summed E-state index contributed by atoms with van der Waals surface area (Å²) in [5.74, 6) is 1.29. The van der Waals surface area contributed by atoms with Crippen molar-refractivity contribution in [1.82, 2.24) is 9.80 Å². The van der Waals surface area contributed by atoms with Crippen molar-refractivity contribution in [3.63, 3.8) is 0 Å². The largest absolute Gasteiger partial charge is 0.343 e. The third-order valence-corrected chi connectivity index (χ3v) is 4.20. The number of hydrogen-bond donors (Lipinski definition) is 0. The lowest BCUT2D eigenvalue weighted by Gasteiger charge is -2.45. The Morgan fingerprint density at radius 2 is 1.59 bits per heavy atom. The lowest BCUT2D eigenvalue weighted by atomic mass is 9.94. The molecule has 2 fully saturated rings. The summed E-state index contributed by atoms with van der Waals surface area (Å²) in [5, 5.41) is 0. The lowest BCUT2D eigenvalue weighted by Crippen LogP contribution is -2.55. The van der Waals surface area contributed by atoms with Crippen molar-refractivity contribution in [3.05, 3.63) is 0 Å². The number of hydrogen-bond acceptors (Lipinski definition) is 1. The van der Waals surface area contributed by atoms with Crippen molar-refractivity contribution in [2.24, 2.45) is 4.99 Å². The van der Waals surface area contributed by atoms with Crippen LogP contribution in [-0.4, -0.2) is 47.5 Å². The first kappa shape index (κ1) is 12.7. The molecule has 3 nitrogen and oxygen atoms in total. The van der Waals surface area contributed by atoms with E-state index in [1.165, 1.54) is 57.8 Å². The summed E-state index contributed by atoms with van der Waals surface area (Å²) < 4.78 is 0. The summed E-state index contributed by atoms with van der Waals surface area (Å²) in [5.41, 5.74) is 0.148. The van der Waals surface area contributed by atoms with Gasteiger partial charge in [-0.3, -0.25) is 0 Å². The number of aliphatic imine (C=N–C) groups is 1. The maximum Gasteiger partial charge on any atom is 0.197 e. The SMILES string of the molecule is CCCC(C)(CC)N=C(N1CCC1)N1CCC1. The molecule has 2 saturated heterocycles. The van der Waals surface area contributed by atoms with Crippen LogP contribution in [0.5, 0.6) is 0 Å². The topological polar surface area (TPSA) is 18.8 Å². The number of likely N-dealkylation sites (tertiary alicyclic amines) is 2. The normalized spacial score (nSPS) is 22.5. The molecule has 3 heteroatoms. The Kier molecular flexibility index (Phi) is 3.95. The summed E-state index contributed by atoms with van der Waals surface area (Å²) in [6.07, 6.45) is 6.24. The Bertz CT molecular complexity index is 263. The van der Waals surface area contributed by atoms with Gasteiger partial charge in [-0.25, -0.2) is 4.99 Å². The zero-order chi connectivity index (χ0) is 12.3. The standard InChI is InChI=1S/C14H27N3/c1-4-8-14(3,5-2)15-13(16-9-6-10-16)17-11-7-12-17/h4-12H2,1-3H3. The molecule has 2 rings (SSSR count). The minimum Gasteiger partial charge on any atom is -0.343 e. The third kappa shape index (κ3) is 2.75. The maximum absolute atomic E-state index is 5.13. The summed E-state index contributed by atoms with van der Waals surface area (Å²) in [7, 11) is 0.